The molecule has 0 saturated carbocycles. The van der Waals surface area contributed by atoms with Gasteiger partial charge in [0.05, 0.1) is 53.0 Å². The monoisotopic (exact) mass is 574 g/mol. The van der Waals surface area contributed by atoms with Crippen LogP contribution in [-0.4, -0.2) is 39.6 Å². The zero-order chi connectivity index (χ0) is 26.0. The fraction of sp³-hybridized carbons (Fsp3) is 0.333. The second-order valence-electron chi connectivity index (χ2n) is 9.06. The number of hydrogen-bond acceptors (Lipinski definition) is 7. The van der Waals surface area contributed by atoms with Gasteiger partial charge in [-0.3, -0.25) is 13.7 Å². The molecule has 2 aromatic carbocycles. The highest BCUT2D eigenvalue weighted by Gasteiger charge is 2.23. The van der Waals surface area contributed by atoms with E-state index in [9.17, 15) is 9.00 Å². The van der Waals surface area contributed by atoms with Crippen LogP contribution in [0.1, 0.15) is 36.1 Å². The SMILES string of the molecule is COc1cccc2c1c(CS(=O)(=S)c1ccc(Cl)s1)nn2Cc1cccc(CCC(=O)C2CCCO2)c1. The molecule has 0 amide bonds. The lowest BCUT2D eigenvalue weighted by Gasteiger charge is -2.09. The fourth-order valence-electron chi connectivity index (χ4n) is 4.70. The highest BCUT2D eigenvalue weighted by Crippen LogP contribution is 2.34. The van der Waals surface area contributed by atoms with Crippen molar-refractivity contribution in [1.82, 2.24) is 9.78 Å². The Hall–Kier alpha value is -2.30. The molecule has 0 N–H and O–H groups in total. The van der Waals surface area contributed by atoms with Gasteiger partial charge in [-0.15, -0.1) is 11.3 Å². The summed E-state index contributed by atoms with van der Waals surface area (Å²) in [6, 6.07) is 17.4. The van der Waals surface area contributed by atoms with Crippen LogP contribution in [0.2, 0.25) is 4.34 Å². The summed E-state index contributed by atoms with van der Waals surface area (Å²) in [7, 11) is -1.19. The quantitative estimate of drug-likeness (QED) is 0.239. The Morgan fingerprint density at radius 1 is 1.24 bits per heavy atom. The lowest BCUT2D eigenvalue weighted by Crippen LogP contribution is -2.19. The molecule has 1 saturated heterocycles. The van der Waals surface area contributed by atoms with Gasteiger partial charge in [-0.2, -0.15) is 5.10 Å². The first kappa shape index (κ1) is 26.3. The van der Waals surface area contributed by atoms with Crippen molar-refractivity contribution in [1.29, 1.82) is 0 Å². The van der Waals surface area contributed by atoms with E-state index in [1.54, 1.807) is 19.2 Å². The van der Waals surface area contributed by atoms with E-state index in [1.807, 2.05) is 41.1 Å². The van der Waals surface area contributed by atoms with Crippen LogP contribution in [0, 0.1) is 0 Å². The number of fused-ring (bicyclic) bond motifs is 1. The van der Waals surface area contributed by atoms with Crippen LogP contribution in [-0.2, 0) is 47.9 Å². The molecule has 0 aliphatic carbocycles. The smallest absolute Gasteiger partial charge is 0.161 e. The first-order valence-corrected chi connectivity index (χ1v) is 15.9. The average Bonchev–Trinajstić information content (AvgIpc) is 3.64. The molecule has 5 rings (SSSR count). The summed E-state index contributed by atoms with van der Waals surface area (Å²) < 4.78 is 27.7. The number of Topliss-reactive ketones (excluding diaryl/α,β-unsaturated/α-hetero) is 1. The third kappa shape index (κ3) is 5.91. The predicted octanol–water partition coefficient (Wildman–Crippen LogP) is 5.79. The van der Waals surface area contributed by atoms with Crippen LogP contribution in [0.5, 0.6) is 5.75 Å². The Bertz CT molecular complexity index is 1540. The second kappa shape index (κ2) is 11.2. The molecular weight excluding hydrogens is 548 g/mol. The number of aromatic nitrogens is 2. The molecule has 0 bridgehead atoms. The predicted molar refractivity (Wildman–Crippen MR) is 151 cm³/mol. The zero-order valence-corrected chi connectivity index (χ0v) is 23.6. The van der Waals surface area contributed by atoms with Crippen molar-refractivity contribution >= 4 is 59.3 Å². The minimum atomic E-state index is -2.80. The lowest BCUT2D eigenvalue weighted by atomic mass is 10.0. The molecule has 2 aromatic heterocycles. The van der Waals surface area contributed by atoms with Gasteiger partial charge in [0.1, 0.15) is 11.9 Å². The number of benzene rings is 2. The first-order valence-electron chi connectivity index (χ1n) is 12.1. The molecule has 37 heavy (non-hydrogen) atoms. The van der Waals surface area contributed by atoms with Crippen molar-refractivity contribution in [3.05, 3.63) is 75.8 Å². The summed E-state index contributed by atoms with van der Waals surface area (Å²) in [5.74, 6) is 0.945. The van der Waals surface area contributed by atoms with E-state index >= 15 is 0 Å². The Morgan fingerprint density at radius 3 is 2.78 bits per heavy atom. The number of ether oxygens (including phenoxy) is 2. The van der Waals surface area contributed by atoms with Crippen LogP contribution < -0.4 is 4.74 Å². The molecule has 0 radical (unpaired) electrons. The number of thiophene rings is 1. The molecule has 6 nitrogen and oxygen atoms in total. The van der Waals surface area contributed by atoms with E-state index in [0.29, 0.717) is 46.0 Å². The third-order valence-corrected chi connectivity index (χ3v) is 11.2. The second-order valence-corrected chi connectivity index (χ2v) is 14.6. The Morgan fingerprint density at radius 2 is 2.05 bits per heavy atom. The van der Waals surface area contributed by atoms with Crippen LogP contribution in [0.15, 0.2) is 58.8 Å². The summed E-state index contributed by atoms with van der Waals surface area (Å²) in [6.07, 6.45) is 2.69. The number of hydrogen-bond donors (Lipinski definition) is 0. The van der Waals surface area contributed by atoms with E-state index in [4.69, 9.17) is 37.4 Å². The Kier molecular flexibility index (Phi) is 7.97. The van der Waals surface area contributed by atoms with Crippen molar-refractivity contribution in [2.45, 2.75) is 48.3 Å². The highest BCUT2D eigenvalue weighted by atomic mass is 35.5. The van der Waals surface area contributed by atoms with Gasteiger partial charge in [-0.05, 0) is 65.8 Å². The van der Waals surface area contributed by atoms with Gasteiger partial charge in [-0.25, -0.2) is 0 Å². The minimum absolute atomic E-state index is 0.106. The third-order valence-electron chi connectivity index (χ3n) is 6.49. The molecule has 2 atom stereocenters. The fourth-order valence-corrected chi connectivity index (χ4v) is 8.35. The average molecular weight is 575 g/mol. The van der Waals surface area contributed by atoms with Crippen LogP contribution >= 0.6 is 22.9 Å². The Balaban J connectivity index is 1.41. The number of nitrogens with zero attached hydrogens (tertiary/aromatic N) is 2. The van der Waals surface area contributed by atoms with Gasteiger partial charge in [0.15, 0.2) is 5.78 Å². The number of rotatable bonds is 10. The molecule has 1 fully saturated rings. The largest absolute Gasteiger partial charge is 0.496 e. The van der Waals surface area contributed by atoms with Gasteiger partial charge < -0.3 is 9.47 Å². The van der Waals surface area contributed by atoms with E-state index in [-0.39, 0.29) is 17.6 Å². The number of halogens is 1. The number of ketones is 1. The molecule has 1 aliphatic rings. The number of carbonyl (C=O) groups excluding carboxylic acids is 1. The molecule has 1 aliphatic heterocycles. The molecule has 3 heterocycles. The number of aryl methyl sites for hydroxylation is 1. The molecule has 0 spiro atoms. The molecule has 2 unspecified atom stereocenters. The maximum atomic E-state index is 13.5. The lowest BCUT2D eigenvalue weighted by molar-refractivity contribution is -0.127. The normalized spacial score (nSPS) is 17.2. The zero-order valence-electron chi connectivity index (χ0n) is 20.4. The van der Waals surface area contributed by atoms with Gasteiger partial charge in [-0.1, -0.05) is 41.9 Å². The maximum Gasteiger partial charge on any atom is 0.161 e. The van der Waals surface area contributed by atoms with Crippen molar-refractivity contribution in [3.63, 3.8) is 0 Å². The maximum absolute atomic E-state index is 13.5. The van der Waals surface area contributed by atoms with Crippen LogP contribution in [0.4, 0.5) is 0 Å². The summed E-state index contributed by atoms with van der Waals surface area (Å²) in [4.78, 5) is 12.4. The first-order chi connectivity index (χ1) is 17.8. The van der Waals surface area contributed by atoms with Gasteiger partial charge in [0.25, 0.3) is 0 Å². The number of carbonyl (C=O) groups is 1. The molecule has 4 aromatic rings. The van der Waals surface area contributed by atoms with E-state index in [1.165, 1.54) is 11.3 Å². The van der Waals surface area contributed by atoms with Gasteiger partial charge in [0, 0.05) is 13.0 Å². The van der Waals surface area contributed by atoms with E-state index < -0.39 is 8.49 Å². The van der Waals surface area contributed by atoms with Crippen molar-refractivity contribution in [2.75, 3.05) is 13.7 Å². The summed E-state index contributed by atoms with van der Waals surface area (Å²) in [6.45, 7) is 1.19. The van der Waals surface area contributed by atoms with Gasteiger partial charge >= 0.3 is 0 Å². The molecular formula is C27H27ClN2O4S3. The minimum Gasteiger partial charge on any atom is -0.496 e. The topological polar surface area (TPSA) is 70.4 Å². The van der Waals surface area contributed by atoms with Crippen LogP contribution in [0.3, 0.4) is 0 Å². The summed E-state index contributed by atoms with van der Waals surface area (Å²) in [5, 5.41) is 5.67. The van der Waals surface area contributed by atoms with Crippen molar-refractivity contribution in [3.8, 4) is 5.75 Å². The summed E-state index contributed by atoms with van der Waals surface area (Å²) in [5.41, 5.74) is 3.67. The van der Waals surface area contributed by atoms with Crippen molar-refractivity contribution in [2.24, 2.45) is 0 Å². The van der Waals surface area contributed by atoms with E-state index in [0.717, 1.165) is 34.9 Å². The van der Waals surface area contributed by atoms with Gasteiger partial charge in [0.2, 0.25) is 0 Å². The van der Waals surface area contributed by atoms with E-state index in [2.05, 4.69) is 6.07 Å². The molecule has 10 heteroatoms. The highest BCUT2D eigenvalue weighted by molar-refractivity contribution is 8.33. The van der Waals surface area contributed by atoms with Crippen molar-refractivity contribution < 1.29 is 18.5 Å². The standard InChI is InChI=1S/C27H27ClN2O4S3/c1-33-24-8-3-7-21-27(24)20(17-37(32,35)26-13-12-25(28)36-26)29-30(21)16-19-6-2-5-18(15-19)10-11-22(31)23-9-4-14-34-23/h2-3,5-8,12-13,15,23H,4,9-11,14,16-17H2,1H3. The Labute approximate surface area is 230 Å². The summed E-state index contributed by atoms with van der Waals surface area (Å²) >= 11 is 12.9. The van der Waals surface area contributed by atoms with Crippen LogP contribution in [0.25, 0.3) is 10.9 Å². The molecule has 194 valence electrons. The number of methoxy groups -OCH3 is 1.